The molecule has 2 heterocycles. The average molecular weight is 388 g/mol. The summed E-state index contributed by atoms with van der Waals surface area (Å²) in [6.07, 6.45) is 4.06. The Labute approximate surface area is 170 Å². The van der Waals surface area contributed by atoms with E-state index in [1.165, 1.54) is 31.8 Å². The SMILES string of the molecule is CC(=O)Nc1ccc(Nc2cc(Nc3ccc(N4CCCC4)cc3)ncn2)cc1. The fourth-order valence-corrected chi connectivity index (χ4v) is 3.36. The molecule has 4 rings (SSSR count). The van der Waals surface area contributed by atoms with Crippen LogP contribution in [0, 0.1) is 0 Å². The van der Waals surface area contributed by atoms with Gasteiger partial charge in [-0.1, -0.05) is 0 Å². The van der Waals surface area contributed by atoms with Gasteiger partial charge in [0.25, 0.3) is 0 Å². The van der Waals surface area contributed by atoms with Crippen molar-refractivity contribution in [3.05, 3.63) is 60.9 Å². The quantitative estimate of drug-likeness (QED) is 0.576. The highest BCUT2D eigenvalue weighted by molar-refractivity contribution is 5.88. The van der Waals surface area contributed by atoms with Crippen LogP contribution in [0.4, 0.5) is 34.4 Å². The third-order valence-electron chi connectivity index (χ3n) is 4.76. The molecular weight excluding hydrogens is 364 g/mol. The number of anilines is 6. The van der Waals surface area contributed by atoms with Crippen LogP contribution in [0.2, 0.25) is 0 Å². The predicted octanol–water partition coefficient (Wildman–Crippen LogP) is 4.52. The molecular formula is C22H24N6O. The average Bonchev–Trinajstić information content (AvgIpc) is 3.25. The summed E-state index contributed by atoms with van der Waals surface area (Å²) < 4.78 is 0. The molecule has 0 saturated carbocycles. The summed E-state index contributed by atoms with van der Waals surface area (Å²) in [6.45, 7) is 3.76. The van der Waals surface area contributed by atoms with Gasteiger partial charge in [-0.25, -0.2) is 9.97 Å². The maximum Gasteiger partial charge on any atom is 0.221 e. The Bertz CT molecular complexity index is 965. The maximum atomic E-state index is 11.1. The van der Waals surface area contributed by atoms with E-state index in [2.05, 4.69) is 55.1 Å². The van der Waals surface area contributed by atoms with Crippen molar-refractivity contribution >= 4 is 40.3 Å². The minimum Gasteiger partial charge on any atom is -0.372 e. The van der Waals surface area contributed by atoms with Crippen molar-refractivity contribution in [3.8, 4) is 0 Å². The van der Waals surface area contributed by atoms with E-state index < -0.39 is 0 Å². The van der Waals surface area contributed by atoms with E-state index in [1.54, 1.807) is 0 Å². The Morgan fingerprint density at radius 1 is 0.828 bits per heavy atom. The van der Waals surface area contributed by atoms with Gasteiger partial charge in [-0.3, -0.25) is 4.79 Å². The van der Waals surface area contributed by atoms with Crippen molar-refractivity contribution in [2.75, 3.05) is 33.9 Å². The number of carbonyl (C=O) groups is 1. The van der Waals surface area contributed by atoms with Crippen LogP contribution >= 0.6 is 0 Å². The Morgan fingerprint density at radius 2 is 1.34 bits per heavy atom. The smallest absolute Gasteiger partial charge is 0.221 e. The lowest BCUT2D eigenvalue weighted by Gasteiger charge is -2.18. The van der Waals surface area contributed by atoms with Gasteiger partial charge in [-0.2, -0.15) is 0 Å². The molecule has 0 bridgehead atoms. The number of benzene rings is 2. The molecule has 1 saturated heterocycles. The molecule has 3 N–H and O–H groups in total. The van der Waals surface area contributed by atoms with Gasteiger partial charge in [0.1, 0.15) is 18.0 Å². The van der Waals surface area contributed by atoms with Crippen molar-refractivity contribution in [2.24, 2.45) is 0 Å². The molecule has 0 aliphatic carbocycles. The van der Waals surface area contributed by atoms with Crippen molar-refractivity contribution in [1.82, 2.24) is 9.97 Å². The summed E-state index contributed by atoms with van der Waals surface area (Å²) in [5.41, 5.74) is 3.88. The highest BCUT2D eigenvalue weighted by Gasteiger charge is 2.11. The molecule has 7 nitrogen and oxygen atoms in total. The summed E-state index contributed by atoms with van der Waals surface area (Å²) in [5, 5.41) is 9.32. The summed E-state index contributed by atoms with van der Waals surface area (Å²) in [5.74, 6) is 1.31. The summed E-state index contributed by atoms with van der Waals surface area (Å²) >= 11 is 0. The number of hydrogen-bond donors (Lipinski definition) is 3. The third kappa shape index (κ3) is 5.01. The van der Waals surface area contributed by atoms with Crippen molar-refractivity contribution < 1.29 is 4.79 Å². The van der Waals surface area contributed by atoms with Crippen molar-refractivity contribution in [3.63, 3.8) is 0 Å². The molecule has 0 atom stereocenters. The number of nitrogens with one attached hydrogen (secondary N) is 3. The van der Waals surface area contributed by atoms with Gasteiger partial charge >= 0.3 is 0 Å². The van der Waals surface area contributed by atoms with Gasteiger partial charge in [0.2, 0.25) is 5.91 Å². The molecule has 0 radical (unpaired) electrons. The first-order valence-electron chi connectivity index (χ1n) is 9.74. The van der Waals surface area contributed by atoms with Crippen LogP contribution in [-0.4, -0.2) is 29.0 Å². The number of nitrogens with zero attached hydrogens (tertiary/aromatic N) is 3. The summed E-state index contributed by atoms with van der Waals surface area (Å²) in [6, 6.07) is 17.7. The zero-order valence-electron chi connectivity index (χ0n) is 16.4. The van der Waals surface area contributed by atoms with Crippen LogP contribution in [0.3, 0.4) is 0 Å². The molecule has 1 aromatic heterocycles. The van der Waals surface area contributed by atoms with Crippen LogP contribution in [0.15, 0.2) is 60.9 Å². The maximum absolute atomic E-state index is 11.1. The highest BCUT2D eigenvalue weighted by atomic mass is 16.1. The third-order valence-corrected chi connectivity index (χ3v) is 4.76. The molecule has 1 aliphatic rings. The van der Waals surface area contributed by atoms with E-state index in [1.807, 2.05) is 30.3 Å². The van der Waals surface area contributed by atoms with Crippen molar-refractivity contribution in [1.29, 1.82) is 0 Å². The largest absolute Gasteiger partial charge is 0.372 e. The number of hydrogen-bond acceptors (Lipinski definition) is 6. The molecule has 7 heteroatoms. The Kier molecular flexibility index (Phi) is 5.56. The monoisotopic (exact) mass is 388 g/mol. The normalized spacial score (nSPS) is 13.2. The van der Waals surface area contributed by atoms with Gasteiger partial charge in [0, 0.05) is 48.8 Å². The van der Waals surface area contributed by atoms with Crippen LogP contribution in [0.1, 0.15) is 19.8 Å². The lowest BCUT2D eigenvalue weighted by Crippen LogP contribution is -2.17. The second-order valence-electron chi connectivity index (χ2n) is 7.04. The van der Waals surface area contributed by atoms with Crippen molar-refractivity contribution in [2.45, 2.75) is 19.8 Å². The number of carbonyl (C=O) groups excluding carboxylic acids is 1. The van der Waals surface area contributed by atoms with E-state index in [9.17, 15) is 4.79 Å². The molecule has 148 valence electrons. The fraction of sp³-hybridized carbons (Fsp3) is 0.227. The van der Waals surface area contributed by atoms with Gasteiger partial charge in [-0.05, 0) is 61.4 Å². The van der Waals surface area contributed by atoms with Crippen LogP contribution in [-0.2, 0) is 4.79 Å². The standard InChI is InChI=1S/C22H24N6O/c1-16(29)25-17-4-6-18(7-5-17)26-21-14-22(24-15-23-21)27-19-8-10-20(11-9-19)28-12-2-3-13-28/h4-11,14-15H,2-3,12-13H2,1H3,(H,25,29)(H2,23,24,26,27). The van der Waals surface area contributed by atoms with Gasteiger partial charge in [0.15, 0.2) is 0 Å². The van der Waals surface area contributed by atoms with E-state index in [-0.39, 0.29) is 5.91 Å². The van der Waals surface area contributed by atoms with Gasteiger partial charge in [0.05, 0.1) is 0 Å². The molecule has 2 aromatic carbocycles. The molecule has 0 spiro atoms. The number of amides is 1. The van der Waals surface area contributed by atoms with Crippen LogP contribution < -0.4 is 20.9 Å². The first-order chi connectivity index (χ1) is 14.2. The second-order valence-corrected chi connectivity index (χ2v) is 7.04. The van der Waals surface area contributed by atoms with E-state index in [4.69, 9.17) is 0 Å². The molecule has 1 amide bonds. The van der Waals surface area contributed by atoms with E-state index in [0.717, 1.165) is 30.2 Å². The van der Waals surface area contributed by atoms with Crippen LogP contribution in [0.25, 0.3) is 0 Å². The highest BCUT2D eigenvalue weighted by Crippen LogP contribution is 2.24. The first-order valence-corrected chi connectivity index (χ1v) is 9.74. The molecule has 3 aromatic rings. The number of rotatable bonds is 6. The zero-order valence-corrected chi connectivity index (χ0v) is 16.4. The lowest BCUT2D eigenvalue weighted by molar-refractivity contribution is -0.114. The van der Waals surface area contributed by atoms with E-state index >= 15 is 0 Å². The second kappa shape index (κ2) is 8.60. The minimum atomic E-state index is -0.0920. The summed E-state index contributed by atoms with van der Waals surface area (Å²) in [4.78, 5) is 22.1. The topological polar surface area (TPSA) is 82.2 Å². The zero-order chi connectivity index (χ0) is 20.1. The van der Waals surface area contributed by atoms with Gasteiger partial charge in [-0.15, -0.1) is 0 Å². The fourth-order valence-electron chi connectivity index (χ4n) is 3.36. The molecule has 0 unspecified atom stereocenters. The Balaban J connectivity index is 1.40. The summed E-state index contributed by atoms with van der Waals surface area (Å²) in [7, 11) is 0. The minimum absolute atomic E-state index is 0.0920. The first kappa shape index (κ1) is 18.7. The molecule has 1 fully saturated rings. The predicted molar refractivity (Wildman–Crippen MR) is 117 cm³/mol. The number of aromatic nitrogens is 2. The molecule has 29 heavy (non-hydrogen) atoms. The Hall–Kier alpha value is -3.61. The van der Waals surface area contributed by atoms with E-state index in [0.29, 0.717) is 11.6 Å². The van der Waals surface area contributed by atoms with Gasteiger partial charge < -0.3 is 20.9 Å². The Morgan fingerprint density at radius 3 is 1.90 bits per heavy atom. The lowest BCUT2D eigenvalue weighted by atomic mass is 10.2. The van der Waals surface area contributed by atoms with Crippen LogP contribution in [0.5, 0.6) is 0 Å². The molecule has 1 aliphatic heterocycles.